The predicted molar refractivity (Wildman–Crippen MR) is 140 cm³/mol. The standard InChI is InChI=1S/C27H36N6O/c1-17-4-5-19(15-26(34)29-3)14-25(17)32-24-10-13-31-27(18(2)33-28)22-7-6-21(16-23(22)24)20-8-11-30-12-9-20/h4-8,14,16-17,24-25,30,32H,9-13,15,28H2,1-3H3,(H,29,34). The Morgan fingerprint density at radius 2 is 2.21 bits per heavy atom. The van der Waals surface area contributed by atoms with Crippen LogP contribution in [0.4, 0.5) is 0 Å². The molecule has 0 radical (unpaired) electrons. The van der Waals surface area contributed by atoms with E-state index in [9.17, 15) is 4.79 Å². The number of amides is 1. The van der Waals surface area contributed by atoms with Gasteiger partial charge >= 0.3 is 0 Å². The monoisotopic (exact) mass is 460 g/mol. The fourth-order valence-electron chi connectivity index (χ4n) is 4.90. The maximum absolute atomic E-state index is 11.9. The Kier molecular flexibility index (Phi) is 7.75. The first-order valence-corrected chi connectivity index (χ1v) is 12.2. The van der Waals surface area contributed by atoms with E-state index in [1.807, 2.05) is 6.92 Å². The Morgan fingerprint density at radius 1 is 1.35 bits per heavy atom. The fourth-order valence-corrected chi connectivity index (χ4v) is 4.90. The topological polar surface area (TPSA) is 104 Å². The van der Waals surface area contributed by atoms with Crippen molar-refractivity contribution in [3.8, 4) is 0 Å². The Hall–Kier alpha value is -3.03. The Balaban J connectivity index is 1.68. The summed E-state index contributed by atoms with van der Waals surface area (Å²) in [6.07, 6.45) is 11.1. The molecule has 180 valence electrons. The van der Waals surface area contributed by atoms with Crippen LogP contribution >= 0.6 is 0 Å². The maximum Gasteiger partial charge on any atom is 0.224 e. The third-order valence-electron chi connectivity index (χ3n) is 6.95. The number of aliphatic imine (C=N–C) groups is 1. The number of fused-ring (bicyclic) bond motifs is 1. The third kappa shape index (κ3) is 5.37. The molecule has 3 unspecified atom stereocenters. The summed E-state index contributed by atoms with van der Waals surface area (Å²) in [6, 6.07) is 6.96. The van der Waals surface area contributed by atoms with Gasteiger partial charge in [0.1, 0.15) is 0 Å². The molecule has 0 fully saturated rings. The molecule has 1 aliphatic carbocycles. The van der Waals surface area contributed by atoms with Crippen molar-refractivity contribution in [1.29, 1.82) is 0 Å². The van der Waals surface area contributed by atoms with Crippen LogP contribution in [0.15, 0.2) is 58.2 Å². The average Bonchev–Trinajstić information content (AvgIpc) is 3.05. The lowest BCUT2D eigenvalue weighted by molar-refractivity contribution is -0.119. The number of nitrogens with zero attached hydrogens (tertiary/aromatic N) is 2. The van der Waals surface area contributed by atoms with E-state index in [1.54, 1.807) is 7.05 Å². The average molecular weight is 461 g/mol. The lowest BCUT2D eigenvalue weighted by atomic mass is 9.87. The molecule has 4 rings (SSSR count). The van der Waals surface area contributed by atoms with Crippen LogP contribution in [0.2, 0.25) is 0 Å². The molecule has 0 aromatic heterocycles. The van der Waals surface area contributed by atoms with Gasteiger partial charge in [-0.3, -0.25) is 9.79 Å². The number of hydrogen-bond donors (Lipinski definition) is 4. The first kappa shape index (κ1) is 24.1. The van der Waals surface area contributed by atoms with Crippen molar-refractivity contribution in [2.24, 2.45) is 21.9 Å². The van der Waals surface area contributed by atoms with Crippen LogP contribution in [0, 0.1) is 5.92 Å². The third-order valence-corrected chi connectivity index (χ3v) is 6.95. The molecule has 7 nitrogen and oxygen atoms in total. The summed E-state index contributed by atoms with van der Waals surface area (Å²) >= 11 is 0. The second-order valence-corrected chi connectivity index (χ2v) is 9.27. The van der Waals surface area contributed by atoms with Gasteiger partial charge in [0.15, 0.2) is 0 Å². The Morgan fingerprint density at radius 3 is 2.94 bits per heavy atom. The highest BCUT2D eigenvalue weighted by Crippen LogP contribution is 2.32. The van der Waals surface area contributed by atoms with Gasteiger partial charge in [0.25, 0.3) is 0 Å². The van der Waals surface area contributed by atoms with E-state index in [2.05, 4.69) is 70.5 Å². The number of hydrogen-bond acceptors (Lipinski definition) is 6. The largest absolute Gasteiger partial charge is 0.359 e. The molecule has 3 atom stereocenters. The van der Waals surface area contributed by atoms with Crippen LogP contribution in [-0.2, 0) is 4.79 Å². The van der Waals surface area contributed by atoms with Crippen LogP contribution in [0.1, 0.15) is 55.8 Å². The maximum atomic E-state index is 11.9. The number of carbonyl (C=O) groups excluding carboxylic acids is 1. The number of allylic oxidation sites excluding steroid dienone is 1. The summed E-state index contributed by atoms with van der Waals surface area (Å²) in [7, 11) is 1.68. The predicted octanol–water partition coefficient (Wildman–Crippen LogP) is 2.86. The van der Waals surface area contributed by atoms with Gasteiger partial charge in [0.2, 0.25) is 5.91 Å². The van der Waals surface area contributed by atoms with Gasteiger partial charge < -0.3 is 21.8 Å². The molecular formula is C27H36N6O. The normalized spacial score (nSPS) is 25.0. The van der Waals surface area contributed by atoms with Gasteiger partial charge in [0, 0.05) is 37.8 Å². The molecule has 3 aliphatic rings. The smallest absolute Gasteiger partial charge is 0.224 e. The summed E-state index contributed by atoms with van der Waals surface area (Å²) < 4.78 is 0. The van der Waals surface area contributed by atoms with Crippen molar-refractivity contribution in [3.63, 3.8) is 0 Å². The van der Waals surface area contributed by atoms with Crippen molar-refractivity contribution in [2.75, 3.05) is 26.7 Å². The van der Waals surface area contributed by atoms with Crippen molar-refractivity contribution in [2.45, 2.75) is 45.2 Å². The second-order valence-electron chi connectivity index (χ2n) is 9.27. The molecule has 1 amide bonds. The molecule has 5 N–H and O–H groups in total. The van der Waals surface area contributed by atoms with E-state index < -0.39 is 0 Å². The van der Waals surface area contributed by atoms with Crippen LogP contribution in [0.25, 0.3) is 5.57 Å². The number of benzene rings is 1. The Labute approximate surface area is 202 Å². The number of carbonyl (C=O) groups is 1. The molecule has 2 aliphatic heterocycles. The van der Waals surface area contributed by atoms with Gasteiger partial charge in [-0.05, 0) is 60.6 Å². The zero-order valence-corrected chi connectivity index (χ0v) is 20.4. The number of nitrogens with two attached hydrogens (primary N) is 1. The van der Waals surface area contributed by atoms with E-state index >= 15 is 0 Å². The first-order chi connectivity index (χ1) is 16.5. The summed E-state index contributed by atoms with van der Waals surface area (Å²) in [6.45, 7) is 6.73. The molecule has 0 spiro atoms. The molecule has 7 heteroatoms. The van der Waals surface area contributed by atoms with Gasteiger partial charge in [-0.2, -0.15) is 5.10 Å². The molecule has 0 saturated heterocycles. The van der Waals surface area contributed by atoms with Crippen molar-refractivity contribution >= 4 is 22.9 Å². The number of rotatable bonds is 6. The van der Waals surface area contributed by atoms with Crippen LogP contribution in [-0.4, -0.2) is 50.1 Å². The molecule has 0 bridgehead atoms. The lowest BCUT2D eigenvalue weighted by Gasteiger charge is -2.30. The van der Waals surface area contributed by atoms with Crippen LogP contribution in [0.5, 0.6) is 0 Å². The molecular weight excluding hydrogens is 424 g/mol. The van der Waals surface area contributed by atoms with E-state index in [4.69, 9.17) is 10.8 Å². The van der Waals surface area contributed by atoms with Crippen molar-refractivity contribution < 1.29 is 4.79 Å². The molecule has 0 saturated carbocycles. The highest BCUT2D eigenvalue weighted by molar-refractivity contribution is 6.48. The summed E-state index contributed by atoms with van der Waals surface area (Å²) in [4.78, 5) is 16.8. The molecule has 1 aromatic carbocycles. The summed E-state index contributed by atoms with van der Waals surface area (Å²) in [5, 5.41) is 14.0. The summed E-state index contributed by atoms with van der Waals surface area (Å²) in [5.74, 6) is 6.00. The zero-order chi connectivity index (χ0) is 24.1. The fraction of sp³-hybridized carbons (Fsp3) is 0.444. The SMILES string of the molecule is CNC(=O)CC1=CC(NC2CCN=C(C(C)=NN)c3ccc(C4=CCNCC4)cc32)C(C)C=C1. The van der Waals surface area contributed by atoms with Gasteiger partial charge in [-0.15, -0.1) is 0 Å². The minimum atomic E-state index is 0.0264. The van der Waals surface area contributed by atoms with E-state index in [-0.39, 0.29) is 18.0 Å². The van der Waals surface area contributed by atoms with Crippen LogP contribution in [0.3, 0.4) is 0 Å². The Bertz CT molecular complexity index is 1080. The zero-order valence-electron chi connectivity index (χ0n) is 20.4. The van der Waals surface area contributed by atoms with E-state index in [0.29, 0.717) is 18.9 Å². The molecule has 1 aromatic rings. The highest BCUT2D eigenvalue weighted by atomic mass is 16.1. The second kappa shape index (κ2) is 10.9. The minimum Gasteiger partial charge on any atom is -0.359 e. The van der Waals surface area contributed by atoms with Crippen molar-refractivity contribution in [1.82, 2.24) is 16.0 Å². The molecule has 2 heterocycles. The lowest BCUT2D eigenvalue weighted by Crippen LogP contribution is -2.38. The van der Waals surface area contributed by atoms with Gasteiger partial charge in [-0.25, -0.2) is 0 Å². The number of hydrazone groups is 1. The van der Waals surface area contributed by atoms with Gasteiger partial charge in [0.05, 0.1) is 17.8 Å². The quantitative estimate of drug-likeness (QED) is 0.298. The van der Waals surface area contributed by atoms with Crippen molar-refractivity contribution in [3.05, 3.63) is 64.8 Å². The van der Waals surface area contributed by atoms with Gasteiger partial charge in [-0.1, -0.05) is 43.4 Å². The van der Waals surface area contributed by atoms with E-state index in [1.165, 1.54) is 16.7 Å². The molecule has 34 heavy (non-hydrogen) atoms. The summed E-state index contributed by atoms with van der Waals surface area (Å²) in [5.41, 5.74) is 7.64. The minimum absolute atomic E-state index is 0.0264. The van der Waals surface area contributed by atoms with Crippen LogP contribution < -0.4 is 21.8 Å². The van der Waals surface area contributed by atoms with E-state index in [0.717, 1.165) is 48.5 Å². The number of nitrogens with one attached hydrogen (secondary N) is 3. The highest BCUT2D eigenvalue weighted by Gasteiger charge is 2.27. The first-order valence-electron chi connectivity index (χ1n) is 12.2.